The Morgan fingerprint density at radius 2 is 2.00 bits per heavy atom. The summed E-state index contributed by atoms with van der Waals surface area (Å²) in [4.78, 5) is 40.9. The predicted octanol–water partition coefficient (Wildman–Crippen LogP) is 3.81. The minimum Gasteiger partial charge on any atom is -0.459 e. The molecular weight excluding hydrogens is 570 g/mol. The van der Waals surface area contributed by atoms with Crippen molar-refractivity contribution in [3.63, 3.8) is 0 Å². The van der Waals surface area contributed by atoms with Crippen LogP contribution in [0.5, 0.6) is 6.01 Å². The van der Waals surface area contributed by atoms with Gasteiger partial charge in [0, 0.05) is 67.0 Å². The Morgan fingerprint density at radius 1 is 1.18 bits per heavy atom. The lowest BCUT2D eigenvalue weighted by Gasteiger charge is -2.17. The van der Waals surface area contributed by atoms with E-state index in [2.05, 4.69) is 45.8 Å². The molecule has 3 aromatic heterocycles. The highest BCUT2D eigenvalue weighted by Gasteiger charge is 2.27. The highest BCUT2D eigenvalue weighted by molar-refractivity contribution is 6.06. The summed E-state index contributed by atoms with van der Waals surface area (Å²) in [7, 11) is 1.82. The van der Waals surface area contributed by atoms with Crippen LogP contribution < -0.4 is 26.4 Å². The lowest BCUT2D eigenvalue weighted by atomic mass is 10.1. The number of carbonyl (C=O) groups is 1. The van der Waals surface area contributed by atoms with Crippen molar-refractivity contribution in [2.45, 2.75) is 52.2 Å². The van der Waals surface area contributed by atoms with Gasteiger partial charge >= 0.3 is 6.01 Å². The number of anilines is 2. The summed E-state index contributed by atoms with van der Waals surface area (Å²) >= 11 is 0. The molecule has 45 heavy (non-hydrogen) atoms. The van der Waals surface area contributed by atoms with Gasteiger partial charge in [-0.05, 0) is 57.7 Å². The molecule has 1 unspecified atom stereocenters. The summed E-state index contributed by atoms with van der Waals surface area (Å²) in [5, 5.41) is 10.5. The number of aryl methyl sites for hydroxylation is 2. The molecule has 0 bridgehead atoms. The molecule has 4 heterocycles. The molecule has 1 saturated heterocycles. The van der Waals surface area contributed by atoms with Crippen LogP contribution in [0.25, 0.3) is 22.2 Å². The zero-order valence-electron chi connectivity index (χ0n) is 26.0. The van der Waals surface area contributed by atoms with Crippen molar-refractivity contribution >= 4 is 40.1 Å². The van der Waals surface area contributed by atoms with Gasteiger partial charge in [0.25, 0.3) is 5.95 Å². The molecule has 1 saturated carbocycles. The normalized spacial score (nSPS) is 17.5. The molecule has 234 valence electrons. The number of hydrogen-bond donors (Lipinski definition) is 5. The number of amides is 1. The van der Waals surface area contributed by atoms with E-state index >= 15 is 0 Å². The molecule has 1 aliphatic heterocycles. The number of para-hydroxylation sites is 1. The zero-order chi connectivity index (χ0) is 31.5. The summed E-state index contributed by atoms with van der Waals surface area (Å²) in [6.07, 6.45) is 10.2. The maximum atomic E-state index is 13.1. The Kier molecular flexibility index (Phi) is 8.60. The Hall–Kier alpha value is -5.04. The first-order chi connectivity index (χ1) is 21.7. The van der Waals surface area contributed by atoms with E-state index in [1.807, 2.05) is 52.2 Å². The van der Waals surface area contributed by atoms with Gasteiger partial charge in [0.2, 0.25) is 5.91 Å². The highest BCUT2D eigenvalue weighted by Crippen LogP contribution is 2.33. The van der Waals surface area contributed by atoms with E-state index in [0.717, 1.165) is 57.8 Å². The molecule has 0 radical (unpaired) electrons. The molecule has 6 rings (SSSR count). The molecule has 1 aliphatic carbocycles. The number of likely N-dealkylation sites (tertiary alicyclic amines) is 1. The van der Waals surface area contributed by atoms with Crippen molar-refractivity contribution in [2.24, 2.45) is 10.7 Å². The van der Waals surface area contributed by atoms with Crippen molar-refractivity contribution < 1.29 is 9.53 Å². The Bertz CT molecular complexity index is 1780. The van der Waals surface area contributed by atoms with E-state index in [1.54, 1.807) is 18.5 Å². The van der Waals surface area contributed by atoms with E-state index in [4.69, 9.17) is 15.5 Å². The Labute approximate surface area is 261 Å². The SMILES string of the molecule is CN/C(C)=C\C(N)=N/c1ncc(C)c(-c2c[nH]c3c(NC(=O)CN4CCC(Oc5ncc(C)c(NC6CC6)n5)C4)cccc23)n1. The largest absolute Gasteiger partial charge is 0.459 e. The number of nitrogens with two attached hydrogens (primary N) is 1. The van der Waals surface area contributed by atoms with Crippen LogP contribution in [0.3, 0.4) is 0 Å². The van der Waals surface area contributed by atoms with Gasteiger partial charge in [0.1, 0.15) is 17.8 Å². The number of rotatable bonds is 11. The van der Waals surface area contributed by atoms with Crippen LogP contribution in [0, 0.1) is 13.8 Å². The number of aromatic amines is 1. The topological polar surface area (TPSA) is 171 Å². The van der Waals surface area contributed by atoms with E-state index in [1.165, 1.54) is 12.8 Å². The molecule has 1 aromatic carbocycles. The lowest BCUT2D eigenvalue weighted by Crippen LogP contribution is -2.33. The van der Waals surface area contributed by atoms with E-state index in [0.29, 0.717) is 30.1 Å². The van der Waals surface area contributed by atoms with Crippen molar-refractivity contribution in [3.8, 4) is 17.3 Å². The Morgan fingerprint density at radius 3 is 2.80 bits per heavy atom. The number of nitrogens with zero attached hydrogens (tertiary/aromatic N) is 6. The molecular formula is C32H39N11O2. The van der Waals surface area contributed by atoms with E-state index in [9.17, 15) is 4.79 Å². The van der Waals surface area contributed by atoms with Crippen molar-refractivity contribution in [1.82, 2.24) is 35.1 Å². The van der Waals surface area contributed by atoms with Crippen LogP contribution in [0.4, 0.5) is 17.5 Å². The van der Waals surface area contributed by atoms with Gasteiger partial charge in [-0.1, -0.05) is 12.1 Å². The minimum atomic E-state index is -0.1000. The third-order valence-electron chi connectivity index (χ3n) is 7.93. The number of ether oxygens (including phenoxy) is 1. The molecule has 4 aromatic rings. The molecule has 0 spiro atoms. The third kappa shape index (κ3) is 7.20. The number of benzene rings is 1. The monoisotopic (exact) mass is 609 g/mol. The number of fused-ring (bicyclic) bond motifs is 1. The van der Waals surface area contributed by atoms with Crippen LogP contribution in [-0.4, -0.2) is 80.4 Å². The van der Waals surface area contributed by atoms with Crippen LogP contribution in [-0.2, 0) is 4.79 Å². The molecule has 6 N–H and O–H groups in total. The Balaban J connectivity index is 1.11. The number of aromatic nitrogens is 5. The van der Waals surface area contributed by atoms with Crippen molar-refractivity contribution in [2.75, 3.05) is 37.3 Å². The van der Waals surface area contributed by atoms with Gasteiger partial charge in [-0.2, -0.15) is 9.98 Å². The molecule has 1 atom stereocenters. The first-order valence-corrected chi connectivity index (χ1v) is 15.2. The fourth-order valence-corrected chi connectivity index (χ4v) is 5.28. The number of hydrogen-bond acceptors (Lipinski definition) is 10. The first kappa shape index (κ1) is 30.0. The summed E-state index contributed by atoms with van der Waals surface area (Å²) in [6, 6.07) is 6.67. The summed E-state index contributed by atoms with van der Waals surface area (Å²) < 4.78 is 6.10. The maximum absolute atomic E-state index is 13.1. The minimum absolute atomic E-state index is 0.0762. The third-order valence-corrected chi connectivity index (χ3v) is 7.93. The first-order valence-electron chi connectivity index (χ1n) is 15.2. The van der Waals surface area contributed by atoms with Gasteiger partial charge in [-0.25, -0.2) is 15.0 Å². The quantitative estimate of drug-likeness (QED) is 0.124. The van der Waals surface area contributed by atoms with Crippen LogP contribution in [0.2, 0.25) is 0 Å². The van der Waals surface area contributed by atoms with E-state index < -0.39 is 0 Å². The summed E-state index contributed by atoms with van der Waals surface area (Å²) in [5.41, 5.74) is 12.0. The number of allylic oxidation sites excluding steroid dienone is 1. The number of carbonyl (C=O) groups excluding carboxylic acids is 1. The highest BCUT2D eigenvalue weighted by atomic mass is 16.5. The van der Waals surface area contributed by atoms with Gasteiger partial charge in [0.05, 0.1) is 23.4 Å². The van der Waals surface area contributed by atoms with Gasteiger partial charge < -0.3 is 31.4 Å². The molecule has 13 heteroatoms. The number of nitrogens with one attached hydrogen (secondary N) is 4. The number of amidine groups is 1. The molecule has 1 amide bonds. The van der Waals surface area contributed by atoms with Gasteiger partial charge in [-0.3, -0.25) is 9.69 Å². The van der Waals surface area contributed by atoms with E-state index in [-0.39, 0.29) is 24.5 Å². The second-order valence-electron chi connectivity index (χ2n) is 11.7. The van der Waals surface area contributed by atoms with Gasteiger partial charge in [-0.15, -0.1) is 0 Å². The molecule has 2 aliphatic rings. The summed E-state index contributed by atoms with van der Waals surface area (Å²) in [5.74, 6) is 1.30. The van der Waals surface area contributed by atoms with Gasteiger partial charge in [0.15, 0.2) is 0 Å². The predicted molar refractivity (Wildman–Crippen MR) is 176 cm³/mol. The fourth-order valence-electron chi connectivity index (χ4n) is 5.28. The second-order valence-corrected chi connectivity index (χ2v) is 11.7. The second kappa shape index (κ2) is 12.9. The standard InChI is InChI=1S/C32H39N11O2/c1-18-13-36-31(40-26(33)12-20(3)34-4)41-28(18)24-15-35-29-23(24)6-5-7-25(29)39-27(44)17-43-11-10-22(16-43)45-32-37-14-19(2)30(42-32)38-21-8-9-21/h5-7,12-15,21-22,34-35H,8-11,16-17H2,1-4H3,(H,39,44)(H,37,38,42)(H2,33,36,40,41)/b20-12-. The zero-order valence-corrected chi connectivity index (χ0v) is 26.0. The van der Waals surface area contributed by atoms with Crippen LogP contribution >= 0.6 is 0 Å². The lowest BCUT2D eigenvalue weighted by molar-refractivity contribution is -0.117. The smallest absolute Gasteiger partial charge is 0.318 e. The van der Waals surface area contributed by atoms with Crippen LogP contribution in [0.1, 0.15) is 37.3 Å². The van der Waals surface area contributed by atoms with Crippen molar-refractivity contribution in [3.05, 3.63) is 59.7 Å². The molecule has 2 fully saturated rings. The number of aliphatic imine (C=N–C) groups is 1. The number of H-pyrrole nitrogens is 1. The fraction of sp³-hybridized carbons (Fsp3) is 0.375. The average molecular weight is 610 g/mol. The molecule has 13 nitrogen and oxygen atoms in total. The maximum Gasteiger partial charge on any atom is 0.318 e. The van der Waals surface area contributed by atoms with Crippen molar-refractivity contribution in [1.29, 1.82) is 0 Å². The average Bonchev–Trinajstić information content (AvgIpc) is 3.55. The van der Waals surface area contributed by atoms with Crippen LogP contribution in [0.15, 0.2) is 53.6 Å². The summed E-state index contributed by atoms with van der Waals surface area (Å²) in [6.45, 7) is 7.46.